The number of nitrogens with one attached hydrogen (secondary N) is 1. The van der Waals surface area contributed by atoms with Gasteiger partial charge in [-0.25, -0.2) is 0 Å². The second-order valence-electron chi connectivity index (χ2n) is 12.2. The number of ether oxygens (including phenoxy) is 1. The number of aliphatic imine (C=N–C) groups is 1. The minimum atomic E-state index is -4.51. The summed E-state index contributed by atoms with van der Waals surface area (Å²) in [6, 6.07) is 21.2. The van der Waals surface area contributed by atoms with Crippen molar-refractivity contribution in [1.82, 2.24) is 0 Å². The lowest BCUT2D eigenvalue weighted by Crippen LogP contribution is -2.41. The van der Waals surface area contributed by atoms with Crippen molar-refractivity contribution in [3.63, 3.8) is 0 Å². The molecule has 0 spiro atoms. The number of para-hydroxylation sites is 1. The summed E-state index contributed by atoms with van der Waals surface area (Å²) in [6.45, 7) is 7.54. The minimum Gasteiger partial charge on any atom is -0.489 e. The highest BCUT2D eigenvalue weighted by Gasteiger charge is 2.43. The lowest BCUT2D eigenvalue weighted by atomic mass is 9.69. The molecule has 1 saturated carbocycles. The Kier molecular flexibility index (Phi) is 8.30. The van der Waals surface area contributed by atoms with E-state index in [9.17, 15) is 25.9 Å². The fraction of sp³-hybridized carbons (Fsp3) is 0.286. The van der Waals surface area contributed by atoms with Gasteiger partial charge in [0, 0.05) is 47.0 Å². The largest absolute Gasteiger partial charge is 0.489 e. The molecule has 1 fully saturated rings. The Hall–Kier alpha value is -4.03. The number of rotatable bonds is 6. The van der Waals surface area contributed by atoms with Crippen LogP contribution in [-0.2, 0) is 20.2 Å². The van der Waals surface area contributed by atoms with Crippen molar-refractivity contribution in [2.75, 3.05) is 5.32 Å². The van der Waals surface area contributed by atoms with Crippen molar-refractivity contribution < 1.29 is 30.7 Å². The third-order valence-electron chi connectivity index (χ3n) is 9.15. The van der Waals surface area contributed by atoms with E-state index in [1.165, 1.54) is 12.1 Å². The van der Waals surface area contributed by atoms with Crippen LogP contribution in [0.1, 0.15) is 58.6 Å². The lowest BCUT2D eigenvalue weighted by Gasteiger charge is -2.43. The van der Waals surface area contributed by atoms with Crippen molar-refractivity contribution in [3.8, 4) is 5.75 Å². The summed E-state index contributed by atoms with van der Waals surface area (Å²) in [5.74, 6) is 0.0898. The van der Waals surface area contributed by atoms with Gasteiger partial charge in [0.25, 0.3) is 20.2 Å². The summed E-state index contributed by atoms with van der Waals surface area (Å²) in [6.07, 6.45) is 1.67. The van der Waals surface area contributed by atoms with Crippen molar-refractivity contribution >= 4 is 43.0 Å². The highest BCUT2D eigenvalue weighted by molar-refractivity contribution is 7.86. The van der Waals surface area contributed by atoms with Gasteiger partial charge in [-0.05, 0) is 86.6 Å². The molecule has 3 N–H and O–H groups in total. The first-order valence-electron chi connectivity index (χ1n) is 15.1. The molecule has 0 aromatic heterocycles. The van der Waals surface area contributed by atoms with Crippen LogP contribution in [-0.4, -0.2) is 37.8 Å². The van der Waals surface area contributed by atoms with Gasteiger partial charge < -0.3 is 10.1 Å². The van der Waals surface area contributed by atoms with E-state index in [-0.39, 0.29) is 27.7 Å². The number of hydrogen-bond donors (Lipinski definition) is 3. The molecular weight excluding hydrogens is 625 g/mol. The Labute approximate surface area is 269 Å². The normalized spacial score (nSPS) is 20.5. The van der Waals surface area contributed by atoms with Gasteiger partial charge in [0.05, 0.1) is 15.5 Å². The Bertz CT molecular complexity index is 2090. The van der Waals surface area contributed by atoms with Gasteiger partial charge in [-0.15, -0.1) is 0 Å². The quantitative estimate of drug-likeness (QED) is 0.179. The average Bonchev–Trinajstić information content (AvgIpc) is 2.98. The maximum absolute atomic E-state index is 12.5. The fourth-order valence-electron chi connectivity index (χ4n) is 6.94. The van der Waals surface area contributed by atoms with Gasteiger partial charge in [-0.1, -0.05) is 48.5 Å². The molecule has 1 aliphatic heterocycles. The second-order valence-corrected chi connectivity index (χ2v) is 15.0. The molecule has 0 bridgehead atoms. The average molecular weight is 661 g/mol. The van der Waals surface area contributed by atoms with E-state index >= 15 is 0 Å². The molecule has 1 aliphatic carbocycles. The number of aryl methyl sites for hydroxylation is 3. The monoisotopic (exact) mass is 660 g/mol. The summed E-state index contributed by atoms with van der Waals surface area (Å²) in [4.78, 5) is 4.75. The van der Waals surface area contributed by atoms with Crippen LogP contribution >= 0.6 is 0 Å². The molecule has 2 aliphatic rings. The Morgan fingerprint density at radius 3 is 2.17 bits per heavy atom. The van der Waals surface area contributed by atoms with E-state index in [1.54, 1.807) is 31.2 Å². The maximum atomic E-state index is 12.5. The molecule has 240 valence electrons. The zero-order valence-electron chi connectivity index (χ0n) is 26.0. The Morgan fingerprint density at radius 2 is 1.48 bits per heavy atom. The molecular formula is C35H36N2O7S2. The van der Waals surface area contributed by atoms with Crippen molar-refractivity contribution in [2.45, 2.75) is 68.8 Å². The third kappa shape index (κ3) is 6.07. The minimum absolute atomic E-state index is 0.0814. The number of hydrogen-bond acceptors (Lipinski definition) is 7. The first-order valence-corrected chi connectivity index (χ1v) is 17.9. The molecule has 3 atom stereocenters. The standard InChI is InChI=1S/C35H36N2O7S2/c1-20-8-7-9-21(2)34(20)36-24-13-15-26-29(18-24)44-30-19-25(37-35-22(3)12-17-31(23(35)4)45(38,39)40)14-16-27(30)33(26)28-10-5-6-11-32(28)46(41,42)43/h5-12,14,16-17,19,26,29,33,37H,13,15,18H2,1-4H3,(H,38,39,40)(H,41,42,43). The molecule has 1 heterocycles. The molecule has 4 aromatic rings. The molecule has 4 aromatic carbocycles. The van der Waals surface area contributed by atoms with Gasteiger partial charge in [0.2, 0.25) is 0 Å². The predicted octanol–water partition coefficient (Wildman–Crippen LogP) is 7.62. The Morgan fingerprint density at radius 1 is 0.783 bits per heavy atom. The molecule has 0 saturated heterocycles. The predicted molar refractivity (Wildman–Crippen MR) is 178 cm³/mol. The van der Waals surface area contributed by atoms with Crippen molar-refractivity contribution in [2.24, 2.45) is 10.9 Å². The summed E-state index contributed by atoms with van der Waals surface area (Å²) >= 11 is 0. The maximum Gasteiger partial charge on any atom is 0.294 e. The highest BCUT2D eigenvalue weighted by atomic mass is 32.2. The highest BCUT2D eigenvalue weighted by Crippen LogP contribution is 2.51. The molecule has 0 radical (unpaired) electrons. The number of anilines is 2. The van der Waals surface area contributed by atoms with Crippen LogP contribution in [0, 0.1) is 33.6 Å². The van der Waals surface area contributed by atoms with Crippen LogP contribution in [0.2, 0.25) is 0 Å². The molecule has 11 heteroatoms. The smallest absolute Gasteiger partial charge is 0.294 e. The van der Waals surface area contributed by atoms with Crippen molar-refractivity contribution in [3.05, 3.63) is 106 Å². The second kappa shape index (κ2) is 12.0. The third-order valence-corrected chi connectivity index (χ3v) is 11.1. The topological polar surface area (TPSA) is 142 Å². The first kappa shape index (κ1) is 31.9. The molecule has 3 unspecified atom stereocenters. The summed E-state index contributed by atoms with van der Waals surface area (Å²) < 4.78 is 75.7. The van der Waals surface area contributed by atoms with Crippen molar-refractivity contribution in [1.29, 1.82) is 0 Å². The van der Waals surface area contributed by atoms with Crippen LogP contribution in [0.25, 0.3) is 0 Å². The molecule has 0 amide bonds. The van der Waals surface area contributed by atoms with Gasteiger partial charge in [-0.3, -0.25) is 14.1 Å². The number of nitrogens with zero attached hydrogens (tertiary/aromatic N) is 1. The summed E-state index contributed by atoms with van der Waals surface area (Å²) in [5, 5.41) is 3.30. The van der Waals surface area contributed by atoms with Crippen LogP contribution in [0.4, 0.5) is 17.1 Å². The Balaban J connectivity index is 1.44. The van der Waals surface area contributed by atoms with Gasteiger partial charge in [0.15, 0.2) is 0 Å². The summed E-state index contributed by atoms with van der Waals surface area (Å²) in [5.41, 5.74) is 7.75. The van der Waals surface area contributed by atoms with Crippen LogP contribution in [0.3, 0.4) is 0 Å². The van der Waals surface area contributed by atoms with Gasteiger partial charge >= 0.3 is 0 Å². The SMILES string of the molecule is Cc1cccc(C)c1N=C1CCC2C(C1)Oc1cc(Nc3c(C)ccc(S(=O)(=O)O)c3C)ccc1C2c1ccccc1S(=O)(=O)O. The molecule has 46 heavy (non-hydrogen) atoms. The number of fused-ring (bicyclic) bond motifs is 2. The van der Waals surface area contributed by atoms with E-state index in [4.69, 9.17) is 9.73 Å². The van der Waals surface area contributed by atoms with E-state index in [0.29, 0.717) is 41.1 Å². The molecule has 9 nitrogen and oxygen atoms in total. The summed E-state index contributed by atoms with van der Waals surface area (Å²) in [7, 11) is -8.93. The van der Waals surface area contributed by atoms with Gasteiger partial charge in [0.1, 0.15) is 11.9 Å². The van der Waals surface area contributed by atoms with Crippen LogP contribution in [0.5, 0.6) is 5.75 Å². The zero-order chi connectivity index (χ0) is 33.0. The lowest BCUT2D eigenvalue weighted by molar-refractivity contribution is 0.0925. The zero-order valence-corrected chi connectivity index (χ0v) is 27.6. The van der Waals surface area contributed by atoms with E-state index in [0.717, 1.165) is 40.1 Å². The molecule has 6 rings (SSSR count). The fourth-order valence-corrected chi connectivity index (χ4v) is 8.41. The van der Waals surface area contributed by atoms with Crippen LogP contribution < -0.4 is 10.1 Å². The van der Waals surface area contributed by atoms with Gasteiger partial charge in [-0.2, -0.15) is 16.8 Å². The van der Waals surface area contributed by atoms with E-state index in [1.807, 2.05) is 57.2 Å². The van der Waals surface area contributed by atoms with Crippen LogP contribution in [0.15, 0.2) is 87.6 Å². The number of benzene rings is 4. The van der Waals surface area contributed by atoms with E-state index < -0.39 is 20.2 Å². The first-order chi connectivity index (χ1) is 21.7. The van der Waals surface area contributed by atoms with E-state index in [2.05, 4.69) is 5.32 Å².